The Morgan fingerprint density at radius 2 is 2.07 bits per heavy atom. The monoisotopic (exact) mass is 265 g/mol. The number of rotatable bonds is 5. The van der Waals surface area contributed by atoms with Crippen LogP contribution >= 0.6 is 15.9 Å². The molecule has 0 rings (SSSR count). The molecule has 1 atom stereocenters. The Kier molecular flexibility index (Phi) is 6.36. The van der Waals surface area contributed by atoms with E-state index in [1.165, 1.54) is 0 Å². The zero-order chi connectivity index (χ0) is 11.2. The van der Waals surface area contributed by atoms with Gasteiger partial charge in [-0.2, -0.15) is 0 Å². The highest BCUT2D eigenvalue weighted by Crippen LogP contribution is 2.12. The minimum absolute atomic E-state index is 0.130. The molecule has 0 aliphatic carbocycles. The lowest BCUT2D eigenvalue weighted by molar-refractivity contribution is -0.154. The zero-order valence-electron chi connectivity index (χ0n) is 9.18. The molecular formula is C10H20BrNO2. The highest BCUT2D eigenvalue weighted by molar-refractivity contribution is 9.09. The highest BCUT2D eigenvalue weighted by Gasteiger charge is 2.15. The van der Waals surface area contributed by atoms with E-state index in [1.54, 1.807) is 0 Å². The smallest absolute Gasteiger partial charge is 0.306 e. The molecule has 2 N–H and O–H groups in total. The van der Waals surface area contributed by atoms with E-state index in [4.69, 9.17) is 10.5 Å². The molecule has 0 saturated heterocycles. The van der Waals surface area contributed by atoms with Gasteiger partial charge < -0.3 is 10.5 Å². The number of alkyl halides is 1. The van der Waals surface area contributed by atoms with Gasteiger partial charge in [-0.15, -0.1) is 0 Å². The Balaban J connectivity index is 3.55. The van der Waals surface area contributed by atoms with Gasteiger partial charge in [0.2, 0.25) is 0 Å². The van der Waals surface area contributed by atoms with Crippen molar-refractivity contribution in [2.45, 2.75) is 50.5 Å². The van der Waals surface area contributed by atoms with E-state index < -0.39 is 0 Å². The SMILES string of the molecule is CC(C)(C)OC(=O)CCCC(Br)CN. The van der Waals surface area contributed by atoms with Crippen molar-refractivity contribution in [1.29, 1.82) is 0 Å². The molecule has 0 aliphatic heterocycles. The van der Waals surface area contributed by atoms with Crippen LogP contribution in [0, 0.1) is 0 Å². The third-order valence-electron chi connectivity index (χ3n) is 1.57. The van der Waals surface area contributed by atoms with Gasteiger partial charge in [0.25, 0.3) is 0 Å². The van der Waals surface area contributed by atoms with E-state index in [-0.39, 0.29) is 11.6 Å². The normalized spacial score (nSPS) is 13.8. The summed E-state index contributed by atoms with van der Waals surface area (Å²) in [6, 6.07) is 0. The first kappa shape index (κ1) is 13.9. The van der Waals surface area contributed by atoms with E-state index in [2.05, 4.69) is 15.9 Å². The topological polar surface area (TPSA) is 52.3 Å². The van der Waals surface area contributed by atoms with Crippen LogP contribution in [-0.4, -0.2) is 22.9 Å². The number of esters is 1. The number of carbonyl (C=O) groups excluding carboxylic acids is 1. The molecule has 3 nitrogen and oxygen atoms in total. The van der Waals surface area contributed by atoms with Gasteiger partial charge in [0.1, 0.15) is 5.60 Å². The zero-order valence-corrected chi connectivity index (χ0v) is 10.8. The Hall–Kier alpha value is -0.0900. The van der Waals surface area contributed by atoms with Crippen molar-refractivity contribution < 1.29 is 9.53 Å². The van der Waals surface area contributed by atoms with E-state index in [1.807, 2.05) is 20.8 Å². The standard InChI is InChI=1S/C10H20BrNO2/c1-10(2,3)14-9(13)6-4-5-8(11)7-12/h8H,4-7,12H2,1-3H3. The Labute approximate surface area is 94.5 Å². The molecule has 0 amide bonds. The minimum Gasteiger partial charge on any atom is -0.460 e. The first-order valence-electron chi connectivity index (χ1n) is 4.91. The van der Waals surface area contributed by atoms with Crippen LogP contribution in [0.2, 0.25) is 0 Å². The lowest BCUT2D eigenvalue weighted by Crippen LogP contribution is -2.24. The van der Waals surface area contributed by atoms with Crippen LogP contribution in [0.15, 0.2) is 0 Å². The Morgan fingerprint density at radius 1 is 1.50 bits per heavy atom. The van der Waals surface area contributed by atoms with Gasteiger partial charge in [-0.3, -0.25) is 4.79 Å². The quantitative estimate of drug-likeness (QED) is 0.613. The van der Waals surface area contributed by atoms with Crippen molar-refractivity contribution in [3.63, 3.8) is 0 Å². The number of halogens is 1. The molecule has 0 aromatic rings. The van der Waals surface area contributed by atoms with Crippen molar-refractivity contribution in [1.82, 2.24) is 0 Å². The molecule has 0 saturated carbocycles. The minimum atomic E-state index is -0.376. The Morgan fingerprint density at radius 3 is 2.50 bits per heavy atom. The van der Waals surface area contributed by atoms with Crippen LogP contribution in [0.25, 0.3) is 0 Å². The molecule has 0 heterocycles. The maximum atomic E-state index is 11.3. The second-order valence-corrected chi connectivity index (χ2v) is 5.61. The summed E-state index contributed by atoms with van der Waals surface area (Å²) in [5, 5.41) is 0. The average molecular weight is 266 g/mol. The third kappa shape index (κ3) is 8.51. The number of nitrogens with two attached hydrogens (primary N) is 1. The average Bonchev–Trinajstić information content (AvgIpc) is 2.00. The van der Waals surface area contributed by atoms with Crippen molar-refractivity contribution in [3.05, 3.63) is 0 Å². The number of carbonyl (C=O) groups is 1. The summed E-state index contributed by atoms with van der Waals surface area (Å²) in [5.74, 6) is -0.130. The van der Waals surface area contributed by atoms with Crippen LogP contribution in [0.4, 0.5) is 0 Å². The largest absolute Gasteiger partial charge is 0.460 e. The van der Waals surface area contributed by atoms with Crippen molar-refractivity contribution >= 4 is 21.9 Å². The van der Waals surface area contributed by atoms with E-state index in [0.29, 0.717) is 17.8 Å². The summed E-state index contributed by atoms with van der Waals surface area (Å²) >= 11 is 3.41. The van der Waals surface area contributed by atoms with Gasteiger partial charge in [0, 0.05) is 17.8 Å². The molecule has 14 heavy (non-hydrogen) atoms. The maximum absolute atomic E-state index is 11.3. The fourth-order valence-electron chi connectivity index (χ4n) is 0.978. The van der Waals surface area contributed by atoms with Crippen LogP contribution in [-0.2, 0) is 9.53 Å². The van der Waals surface area contributed by atoms with Crippen LogP contribution in [0.5, 0.6) is 0 Å². The summed E-state index contributed by atoms with van der Waals surface area (Å²) in [7, 11) is 0. The van der Waals surface area contributed by atoms with Gasteiger partial charge in [-0.1, -0.05) is 15.9 Å². The lowest BCUT2D eigenvalue weighted by atomic mass is 10.1. The third-order valence-corrected chi connectivity index (χ3v) is 2.41. The Bertz CT molecular complexity index is 177. The van der Waals surface area contributed by atoms with E-state index in [9.17, 15) is 4.79 Å². The van der Waals surface area contributed by atoms with Crippen molar-refractivity contribution in [3.8, 4) is 0 Å². The number of hydrogen-bond donors (Lipinski definition) is 1. The molecule has 1 unspecified atom stereocenters. The van der Waals surface area contributed by atoms with Gasteiger partial charge in [0.05, 0.1) is 0 Å². The lowest BCUT2D eigenvalue weighted by Gasteiger charge is -2.19. The van der Waals surface area contributed by atoms with Gasteiger partial charge in [0.15, 0.2) is 0 Å². The molecule has 84 valence electrons. The fourth-order valence-corrected chi connectivity index (χ4v) is 1.30. The van der Waals surface area contributed by atoms with Gasteiger partial charge >= 0.3 is 5.97 Å². The predicted octanol–water partition coefficient (Wildman–Crippen LogP) is 2.22. The van der Waals surface area contributed by atoms with Crippen LogP contribution < -0.4 is 5.73 Å². The van der Waals surface area contributed by atoms with Crippen LogP contribution in [0.1, 0.15) is 40.0 Å². The molecule has 0 spiro atoms. The molecule has 0 aromatic heterocycles. The summed E-state index contributed by atoms with van der Waals surface area (Å²) in [5.41, 5.74) is 5.05. The van der Waals surface area contributed by atoms with Gasteiger partial charge in [-0.25, -0.2) is 0 Å². The highest BCUT2D eigenvalue weighted by atomic mass is 79.9. The second kappa shape index (κ2) is 6.40. The molecule has 4 heteroatoms. The predicted molar refractivity (Wildman–Crippen MR) is 61.5 cm³/mol. The molecular weight excluding hydrogens is 246 g/mol. The first-order valence-corrected chi connectivity index (χ1v) is 5.82. The number of hydrogen-bond acceptors (Lipinski definition) is 3. The maximum Gasteiger partial charge on any atom is 0.306 e. The summed E-state index contributed by atoms with van der Waals surface area (Å²) in [6.45, 7) is 6.22. The van der Waals surface area contributed by atoms with Gasteiger partial charge in [-0.05, 0) is 33.6 Å². The van der Waals surface area contributed by atoms with Crippen molar-refractivity contribution in [2.75, 3.05) is 6.54 Å². The molecule has 0 bridgehead atoms. The summed E-state index contributed by atoms with van der Waals surface area (Å²) in [6.07, 6.45) is 2.21. The number of ether oxygens (including phenoxy) is 1. The summed E-state index contributed by atoms with van der Waals surface area (Å²) in [4.78, 5) is 11.6. The van der Waals surface area contributed by atoms with Crippen molar-refractivity contribution in [2.24, 2.45) is 5.73 Å². The summed E-state index contributed by atoms with van der Waals surface area (Å²) < 4.78 is 5.17. The van der Waals surface area contributed by atoms with E-state index >= 15 is 0 Å². The first-order chi connectivity index (χ1) is 6.35. The molecule has 0 aromatic carbocycles. The molecule has 0 aliphatic rings. The second-order valence-electron chi connectivity index (χ2n) is 4.31. The molecule has 0 radical (unpaired) electrons. The van der Waals surface area contributed by atoms with Crippen LogP contribution in [0.3, 0.4) is 0 Å². The fraction of sp³-hybridized carbons (Fsp3) is 0.900. The molecule has 0 fully saturated rings. The van der Waals surface area contributed by atoms with E-state index in [0.717, 1.165) is 12.8 Å².